The van der Waals surface area contributed by atoms with Gasteiger partial charge in [0.05, 0.1) is 0 Å². The molecule has 4 nitrogen and oxygen atoms in total. The molecule has 0 saturated carbocycles. The molecule has 1 amide bonds. The Hall–Kier alpha value is -1.85. The smallest absolute Gasteiger partial charge is 0.231 e. The van der Waals surface area contributed by atoms with E-state index >= 15 is 0 Å². The van der Waals surface area contributed by atoms with Crippen LogP contribution in [0.2, 0.25) is 5.02 Å². The van der Waals surface area contributed by atoms with Gasteiger partial charge in [0.25, 0.3) is 0 Å². The van der Waals surface area contributed by atoms with E-state index in [1.165, 1.54) is 5.56 Å². The number of hydrogen-bond donors (Lipinski definition) is 1. The topological polar surface area (TPSA) is 47.6 Å². The normalized spacial score (nSPS) is 12.2. The van der Waals surface area contributed by atoms with Crippen LogP contribution in [0.4, 0.5) is 0 Å². The quantitative estimate of drug-likeness (QED) is 0.705. The molecule has 2 aromatic carbocycles. The third-order valence-corrected chi connectivity index (χ3v) is 5.11. The number of thioether (sulfide) groups is 1. The van der Waals surface area contributed by atoms with Crippen molar-refractivity contribution < 1.29 is 14.3 Å². The standard InChI is InChI=1S/C19H20ClNO3S/c20-16-5-1-15(2-6-16)12-25-10-9-21-19(22)8-4-14-3-7-17-18(11-14)24-13-23-17/h1-3,5-7,11H,4,8-10,12-13H2,(H,21,22). The number of nitrogens with one attached hydrogen (secondary N) is 1. The number of ether oxygens (including phenoxy) is 2. The molecule has 1 aliphatic rings. The molecule has 0 fully saturated rings. The molecule has 0 saturated heterocycles. The lowest BCUT2D eigenvalue weighted by Gasteiger charge is -2.06. The van der Waals surface area contributed by atoms with Gasteiger partial charge < -0.3 is 14.8 Å². The van der Waals surface area contributed by atoms with Crippen molar-refractivity contribution in [3.05, 3.63) is 58.6 Å². The number of aryl methyl sites for hydroxylation is 1. The SMILES string of the molecule is O=C(CCc1ccc2c(c1)OCO2)NCCSCc1ccc(Cl)cc1. The van der Waals surface area contributed by atoms with Gasteiger partial charge in [-0.05, 0) is 41.8 Å². The van der Waals surface area contributed by atoms with E-state index in [0.29, 0.717) is 19.4 Å². The van der Waals surface area contributed by atoms with Crippen LogP contribution in [-0.4, -0.2) is 25.0 Å². The first-order chi connectivity index (χ1) is 12.2. The van der Waals surface area contributed by atoms with Gasteiger partial charge in [-0.2, -0.15) is 11.8 Å². The first-order valence-corrected chi connectivity index (χ1v) is 9.71. The van der Waals surface area contributed by atoms with E-state index in [2.05, 4.69) is 5.32 Å². The predicted molar refractivity (Wildman–Crippen MR) is 102 cm³/mol. The molecule has 0 atom stereocenters. The Morgan fingerprint density at radius 2 is 1.84 bits per heavy atom. The van der Waals surface area contributed by atoms with Crippen LogP contribution in [0.1, 0.15) is 17.5 Å². The van der Waals surface area contributed by atoms with E-state index in [1.54, 1.807) is 11.8 Å². The summed E-state index contributed by atoms with van der Waals surface area (Å²) in [6.07, 6.45) is 1.17. The van der Waals surface area contributed by atoms with Crippen molar-refractivity contribution in [2.45, 2.75) is 18.6 Å². The highest BCUT2D eigenvalue weighted by Crippen LogP contribution is 2.32. The van der Waals surface area contributed by atoms with E-state index in [1.807, 2.05) is 42.5 Å². The van der Waals surface area contributed by atoms with Gasteiger partial charge in [-0.3, -0.25) is 4.79 Å². The Kier molecular flexibility index (Phi) is 6.48. The van der Waals surface area contributed by atoms with Crippen molar-refractivity contribution in [3.63, 3.8) is 0 Å². The predicted octanol–water partition coefficient (Wildman–Crippen LogP) is 4.05. The molecule has 25 heavy (non-hydrogen) atoms. The van der Waals surface area contributed by atoms with Crippen molar-refractivity contribution >= 4 is 29.3 Å². The Balaban J connectivity index is 1.30. The highest BCUT2D eigenvalue weighted by molar-refractivity contribution is 7.98. The third kappa shape index (κ3) is 5.58. The van der Waals surface area contributed by atoms with Crippen LogP contribution in [0.15, 0.2) is 42.5 Å². The molecule has 132 valence electrons. The van der Waals surface area contributed by atoms with E-state index in [-0.39, 0.29) is 12.7 Å². The summed E-state index contributed by atoms with van der Waals surface area (Å²) in [5.74, 6) is 3.41. The summed E-state index contributed by atoms with van der Waals surface area (Å²) in [5.41, 5.74) is 2.32. The maximum atomic E-state index is 11.9. The van der Waals surface area contributed by atoms with Crippen LogP contribution < -0.4 is 14.8 Å². The van der Waals surface area contributed by atoms with Gasteiger partial charge in [-0.15, -0.1) is 0 Å². The maximum absolute atomic E-state index is 11.9. The molecule has 0 aliphatic carbocycles. The van der Waals surface area contributed by atoms with Crippen molar-refractivity contribution in [2.24, 2.45) is 0 Å². The van der Waals surface area contributed by atoms with Crippen molar-refractivity contribution in [2.75, 3.05) is 19.1 Å². The summed E-state index contributed by atoms with van der Waals surface area (Å²) in [4.78, 5) is 11.9. The lowest BCUT2D eigenvalue weighted by Crippen LogP contribution is -2.25. The minimum absolute atomic E-state index is 0.0739. The average molecular weight is 378 g/mol. The Bertz CT molecular complexity index is 721. The minimum atomic E-state index is 0.0739. The summed E-state index contributed by atoms with van der Waals surface area (Å²) >= 11 is 7.66. The second-order valence-corrected chi connectivity index (χ2v) is 7.26. The van der Waals surface area contributed by atoms with Gasteiger partial charge in [0, 0.05) is 29.5 Å². The third-order valence-electron chi connectivity index (χ3n) is 3.83. The average Bonchev–Trinajstić information content (AvgIpc) is 3.09. The van der Waals surface area contributed by atoms with Crippen LogP contribution in [-0.2, 0) is 17.0 Å². The van der Waals surface area contributed by atoms with Gasteiger partial charge in [-0.1, -0.05) is 29.8 Å². The fraction of sp³-hybridized carbons (Fsp3) is 0.316. The van der Waals surface area contributed by atoms with Gasteiger partial charge in [-0.25, -0.2) is 0 Å². The van der Waals surface area contributed by atoms with Gasteiger partial charge in [0.1, 0.15) is 0 Å². The maximum Gasteiger partial charge on any atom is 0.231 e. The monoisotopic (exact) mass is 377 g/mol. The summed E-state index contributed by atoms with van der Waals surface area (Å²) < 4.78 is 10.6. The fourth-order valence-corrected chi connectivity index (χ4v) is 3.42. The number of benzene rings is 2. The molecule has 0 bridgehead atoms. The van der Waals surface area contributed by atoms with Gasteiger partial charge >= 0.3 is 0 Å². The van der Waals surface area contributed by atoms with Crippen LogP contribution in [0.3, 0.4) is 0 Å². The fourth-order valence-electron chi connectivity index (χ4n) is 2.48. The lowest BCUT2D eigenvalue weighted by molar-refractivity contribution is -0.120. The first kappa shape index (κ1) is 18.0. The van der Waals surface area contributed by atoms with E-state index in [0.717, 1.165) is 33.6 Å². The largest absolute Gasteiger partial charge is 0.454 e. The molecule has 6 heteroatoms. The summed E-state index contributed by atoms with van der Waals surface area (Å²) in [7, 11) is 0. The number of hydrogen-bond acceptors (Lipinski definition) is 4. The summed E-state index contributed by atoms with van der Waals surface area (Å²) in [6, 6.07) is 13.7. The molecular formula is C19H20ClNO3S. The number of amides is 1. The Morgan fingerprint density at radius 3 is 2.68 bits per heavy atom. The number of halogens is 1. The van der Waals surface area contributed by atoms with Crippen molar-refractivity contribution in [1.82, 2.24) is 5.32 Å². The molecule has 1 heterocycles. The Labute approximate surface area is 156 Å². The highest BCUT2D eigenvalue weighted by atomic mass is 35.5. The number of fused-ring (bicyclic) bond motifs is 1. The number of rotatable bonds is 8. The number of carbonyl (C=O) groups is 1. The summed E-state index contributed by atoms with van der Waals surface area (Å²) in [6.45, 7) is 0.950. The van der Waals surface area contributed by atoms with Crippen LogP contribution in [0, 0.1) is 0 Å². The van der Waals surface area contributed by atoms with Crippen LogP contribution >= 0.6 is 23.4 Å². The van der Waals surface area contributed by atoms with Gasteiger partial charge in [0.15, 0.2) is 11.5 Å². The van der Waals surface area contributed by atoms with E-state index in [4.69, 9.17) is 21.1 Å². The molecule has 1 N–H and O–H groups in total. The van der Waals surface area contributed by atoms with Crippen LogP contribution in [0.5, 0.6) is 11.5 Å². The van der Waals surface area contributed by atoms with E-state index in [9.17, 15) is 4.79 Å². The molecular weight excluding hydrogens is 358 g/mol. The molecule has 0 radical (unpaired) electrons. The zero-order chi connectivity index (χ0) is 17.5. The molecule has 1 aliphatic heterocycles. The van der Waals surface area contributed by atoms with Crippen LogP contribution in [0.25, 0.3) is 0 Å². The number of carbonyl (C=O) groups excluding carboxylic acids is 1. The molecule has 2 aromatic rings. The molecule has 0 spiro atoms. The zero-order valence-corrected chi connectivity index (χ0v) is 15.4. The van der Waals surface area contributed by atoms with E-state index < -0.39 is 0 Å². The van der Waals surface area contributed by atoms with Crippen molar-refractivity contribution in [3.8, 4) is 11.5 Å². The molecule has 0 aromatic heterocycles. The molecule has 3 rings (SSSR count). The van der Waals surface area contributed by atoms with Gasteiger partial charge in [0.2, 0.25) is 12.7 Å². The lowest BCUT2D eigenvalue weighted by atomic mass is 10.1. The zero-order valence-electron chi connectivity index (χ0n) is 13.8. The highest BCUT2D eigenvalue weighted by Gasteiger charge is 2.13. The molecule has 0 unspecified atom stereocenters. The second kappa shape index (κ2) is 9.02. The van der Waals surface area contributed by atoms with Crippen molar-refractivity contribution in [1.29, 1.82) is 0 Å². The Morgan fingerprint density at radius 1 is 1.08 bits per heavy atom. The summed E-state index contributed by atoms with van der Waals surface area (Å²) in [5, 5.41) is 3.72. The minimum Gasteiger partial charge on any atom is -0.454 e. The first-order valence-electron chi connectivity index (χ1n) is 8.18. The second-order valence-electron chi connectivity index (χ2n) is 5.72.